The van der Waals surface area contributed by atoms with Gasteiger partial charge in [0, 0.05) is 12.3 Å². The molecule has 0 atom stereocenters. The maximum absolute atomic E-state index is 10.8. The number of hydrogen-bond acceptors (Lipinski definition) is 10. The molecule has 14 heteroatoms. The number of non-ortho nitro benzene ring substituents is 1. The zero-order chi connectivity index (χ0) is 24.5. The highest BCUT2D eigenvalue weighted by molar-refractivity contribution is 5.64. The fourth-order valence-electron chi connectivity index (χ4n) is 2.28. The minimum Gasteiger partial charge on any atom is -0.497 e. The number of benzene rings is 2. The number of pyridine rings is 1. The van der Waals surface area contributed by atoms with Crippen molar-refractivity contribution in [3.05, 3.63) is 113 Å². The number of nitrogens with zero attached hydrogens (tertiary/aromatic N) is 5. The van der Waals surface area contributed by atoms with Gasteiger partial charge in [-0.15, -0.1) is 0 Å². The molecule has 33 heavy (non-hydrogen) atoms. The van der Waals surface area contributed by atoms with E-state index in [1.807, 2.05) is 6.07 Å². The van der Waals surface area contributed by atoms with Crippen molar-refractivity contribution >= 4 is 22.7 Å². The van der Waals surface area contributed by atoms with Gasteiger partial charge in [0.2, 0.25) is 0 Å². The summed E-state index contributed by atoms with van der Waals surface area (Å²) in [6, 6.07) is 12.6. The van der Waals surface area contributed by atoms with Gasteiger partial charge in [-0.3, -0.25) is 40.5 Å². The van der Waals surface area contributed by atoms with Crippen LogP contribution < -0.4 is 0 Å². The first-order valence-electron chi connectivity index (χ1n) is 8.58. The van der Waals surface area contributed by atoms with E-state index < -0.39 is 42.5 Å². The van der Waals surface area contributed by atoms with Crippen LogP contribution in [-0.2, 0) is 0 Å². The molecule has 1 aromatic heterocycles. The number of aromatic nitrogens is 1. The second kappa shape index (κ2) is 10.5. The second-order valence-electron chi connectivity index (χ2n) is 5.84. The van der Waals surface area contributed by atoms with Crippen molar-refractivity contribution < 1.29 is 24.8 Å². The van der Waals surface area contributed by atoms with Crippen LogP contribution in [-0.4, -0.2) is 29.8 Å². The van der Waals surface area contributed by atoms with Gasteiger partial charge in [-0.05, 0) is 24.1 Å². The number of phenolic OH excluding ortho intramolecular Hbond substituents is 1. The number of aromatic hydroxyl groups is 1. The Morgan fingerprint density at radius 1 is 0.697 bits per heavy atom. The third-order valence-electron chi connectivity index (χ3n) is 3.75. The Bertz CT molecular complexity index is 1260. The van der Waals surface area contributed by atoms with Crippen LogP contribution in [0.5, 0.6) is 5.75 Å². The summed E-state index contributed by atoms with van der Waals surface area (Å²) in [5.74, 6) is 4.34. The molecule has 1 N–H and O–H groups in total. The first kappa shape index (κ1) is 23.8. The number of nitro benzene ring substituents is 4. The second-order valence-corrected chi connectivity index (χ2v) is 5.84. The largest absolute Gasteiger partial charge is 0.497 e. The van der Waals surface area contributed by atoms with Crippen LogP contribution in [0.25, 0.3) is 0 Å². The Kier molecular flexibility index (Phi) is 7.61. The number of phenols is 1. The third-order valence-corrected chi connectivity index (χ3v) is 3.75. The van der Waals surface area contributed by atoms with Crippen LogP contribution in [0.4, 0.5) is 22.7 Å². The summed E-state index contributed by atoms with van der Waals surface area (Å²) in [5, 5.41) is 51.0. The van der Waals surface area contributed by atoms with E-state index in [-0.39, 0.29) is 5.69 Å². The van der Waals surface area contributed by atoms with Gasteiger partial charge in [-0.25, -0.2) is 4.98 Å². The molecule has 0 saturated carbocycles. The molecule has 0 aliphatic carbocycles. The lowest BCUT2D eigenvalue weighted by Gasteiger charge is -1.97. The predicted octanol–water partition coefficient (Wildman–Crippen LogP) is 3.51. The maximum atomic E-state index is 10.8. The molecular weight excluding hydrogens is 442 g/mol. The van der Waals surface area contributed by atoms with Gasteiger partial charge in [0.15, 0.2) is 0 Å². The van der Waals surface area contributed by atoms with E-state index >= 15 is 0 Å². The Hall–Kier alpha value is -5.45. The van der Waals surface area contributed by atoms with Gasteiger partial charge in [-0.1, -0.05) is 24.1 Å². The van der Waals surface area contributed by atoms with Crippen LogP contribution >= 0.6 is 0 Å². The summed E-state index contributed by atoms with van der Waals surface area (Å²) >= 11 is 0. The van der Waals surface area contributed by atoms with E-state index in [9.17, 15) is 40.5 Å². The van der Waals surface area contributed by atoms with Gasteiger partial charge in [0.1, 0.15) is 11.3 Å². The maximum Gasteiger partial charge on any atom is 0.324 e. The SMILES string of the molecule is O=[N+]([O-])c1cc([N+](=O)[O-])c(O)c([N+](=O)[O-])c1.O=[N+]([O-])c1ccccc1C#Cc1ccccn1. The molecule has 0 fully saturated rings. The summed E-state index contributed by atoms with van der Waals surface area (Å²) in [5.41, 5.74) is -2.01. The van der Waals surface area contributed by atoms with E-state index in [0.717, 1.165) is 0 Å². The standard InChI is InChI=1S/C13H8N2O2.C6H3N3O7/c16-15(17)13-7-2-1-5-11(13)8-9-12-6-3-4-10-14-12;10-6-4(8(13)14)1-3(7(11)12)2-5(6)9(15)16/h1-7,10H;1-2,10H. The average Bonchev–Trinajstić information content (AvgIpc) is 2.78. The molecule has 0 spiro atoms. The molecule has 3 aromatic rings. The molecule has 0 aliphatic rings. The number of hydrogen-bond donors (Lipinski definition) is 1. The van der Waals surface area contributed by atoms with Crippen LogP contribution in [0.1, 0.15) is 11.3 Å². The first-order chi connectivity index (χ1) is 15.6. The Labute approximate surface area is 183 Å². The topological polar surface area (TPSA) is 206 Å². The van der Waals surface area contributed by atoms with Gasteiger partial charge in [0.25, 0.3) is 17.1 Å². The molecule has 0 aliphatic heterocycles. The van der Waals surface area contributed by atoms with Crippen LogP contribution in [0.2, 0.25) is 0 Å². The van der Waals surface area contributed by atoms with Crippen molar-refractivity contribution in [1.82, 2.24) is 4.98 Å². The highest BCUT2D eigenvalue weighted by Gasteiger charge is 2.30. The van der Waals surface area contributed by atoms with Gasteiger partial charge in [0.05, 0.1) is 31.8 Å². The van der Waals surface area contributed by atoms with Gasteiger partial charge < -0.3 is 5.11 Å². The molecular formula is C19H11N5O9. The lowest BCUT2D eigenvalue weighted by atomic mass is 10.2. The van der Waals surface area contributed by atoms with Crippen molar-refractivity contribution in [3.63, 3.8) is 0 Å². The van der Waals surface area contributed by atoms with Crippen molar-refractivity contribution in [2.24, 2.45) is 0 Å². The lowest BCUT2D eigenvalue weighted by molar-refractivity contribution is -0.404. The minimum atomic E-state index is -1.21. The van der Waals surface area contributed by atoms with E-state index in [1.165, 1.54) is 6.07 Å². The Morgan fingerprint density at radius 3 is 1.73 bits per heavy atom. The molecule has 0 unspecified atom stereocenters. The molecule has 166 valence electrons. The highest BCUT2D eigenvalue weighted by Crippen LogP contribution is 2.38. The van der Waals surface area contributed by atoms with Crippen molar-refractivity contribution in [3.8, 4) is 17.6 Å². The Morgan fingerprint density at radius 2 is 1.24 bits per heavy atom. The number of para-hydroxylation sites is 1. The van der Waals surface area contributed by atoms with Gasteiger partial charge >= 0.3 is 11.4 Å². The summed E-state index contributed by atoms with van der Waals surface area (Å²) in [7, 11) is 0. The van der Waals surface area contributed by atoms with Gasteiger partial charge in [-0.2, -0.15) is 0 Å². The molecule has 1 heterocycles. The van der Waals surface area contributed by atoms with E-state index in [4.69, 9.17) is 5.11 Å². The molecule has 0 bridgehead atoms. The summed E-state index contributed by atoms with van der Waals surface area (Å²) < 4.78 is 0. The quantitative estimate of drug-likeness (QED) is 0.345. The molecule has 14 nitrogen and oxygen atoms in total. The summed E-state index contributed by atoms with van der Waals surface area (Å²) in [4.78, 5) is 42.1. The van der Waals surface area contributed by atoms with Crippen molar-refractivity contribution in [2.75, 3.05) is 0 Å². The summed E-state index contributed by atoms with van der Waals surface area (Å²) in [6.07, 6.45) is 1.63. The zero-order valence-corrected chi connectivity index (χ0v) is 16.2. The monoisotopic (exact) mass is 453 g/mol. The zero-order valence-electron chi connectivity index (χ0n) is 16.2. The van der Waals surface area contributed by atoms with Crippen LogP contribution in [0, 0.1) is 52.3 Å². The summed E-state index contributed by atoms with van der Waals surface area (Å²) in [6.45, 7) is 0. The van der Waals surface area contributed by atoms with E-state index in [0.29, 0.717) is 23.4 Å². The molecule has 0 amide bonds. The molecule has 0 saturated heterocycles. The molecule has 2 aromatic carbocycles. The predicted molar refractivity (Wildman–Crippen MR) is 111 cm³/mol. The first-order valence-corrected chi connectivity index (χ1v) is 8.58. The minimum absolute atomic E-state index is 0.0101. The van der Waals surface area contributed by atoms with Crippen molar-refractivity contribution in [1.29, 1.82) is 0 Å². The highest BCUT2D eigenvalue weighted by atomic mass is 16.6. The normalized spacial score (nSPS) is 9.45. The average molecular weight is 453 g/mol. The fraction of sp³-hybridized carbons (Fsp3) is 0. The van der Waals surface area contributed by atoms with Crippen molar-refractivity contribution in [2.45, 2.75) is 0 Å². The third kappa shape index (κ3) is 6.26. The number of rotatable bonds is 4. The smallest absolute Gasteiger partial charge is 0.324 e. The fourth-order valence-corrected chi connectivity index (χ4v) is 2.28. The number of nitro groups is 4. The molecule has 3 rings (SSSR count). The van der Waals surface area contributed by atoms with E-state index in [1.54, 1.807) is 36.5 Å². The molecule has 0 radical (unpaired) electrons. The van der Waals surface area contributed by atoms with E-state index in [2.05, 4.69) is 16.8 Å². The van der Waals surface area contributed by atoms with Crippen LogP contribution in [0.15, 0.2) is 60.8 Å². The van der Waals surface area contributed by atoms with Crippen LogP contribution in [0.3, 0.4) is 0 Å². The lowest BCUT2D eigenvalue weighted by Crippen LogP contribution is -1.97. The Balaban J connectivity index is 0.000000234.